The Morgan fingerprint density at radius 1 is 1.08 bits per heavy atom. The van der Waals surface area contributed by atoms with Gasteiger partial charge in [-0.15, -0.1) is 0 Å². The molecule has 0 aromatic heterocycles. The minimum Gasteiger partial charge on any atom is -0.396 e. The summed E-state index contributed by atoms with van der Waals surface area (Å²) in [6.07, 6.45) is 6.18. The van der Waals surface area contributed by atoms with Gasteiger partial charge in [0.25, 0.3) is 0 Å². The average molecular weight is 187 g/mol. The van der Waals surface area contributed by atoms with E-state index in [1.165, 1.54) is 32.2 Å². The summed E-state index contributed by atoms with van der Waals surface area (Å²) in [5.41, 5.74) is 0. The molecule has 80 valence electrons. The van der Waals surface area contributed by atoms with Crippen LogP contribution < -0.4 is 0 Å². The fourth-order valence-electron chi connectivity index (χ4n) is 1.46. The zero-order chi connectivity index (χ0) is 10.1. The molecule has 0 radical (unpaired) electrons. The van der Waals surface area contributed by atoms with Crippen LogP contribution in [0.1, 0.15) is 39.0 Å². The third-order valence-corrected chi connectivity index (χ3v) is 2.42. The Kier molecular flexibility index (Phi) is 8.46. The molecule has 0 rings (SSSR count). The topological polar surface area (TPSA) is 23.5 Å². The van der Waals surface area contributed by atoms with Crippen molar-refractivity contribution < 1.29 is 5.11 Å². The van der Waals surface area contributed by atoms with Gasteiger partial charge in [0.2, 0.25) is 0 Å². The van der Waals surface area contributed by atoms with Gasteiger partial charge in [-0.05, 0) is 39.4 Å². The standard InChI is InChI=1S/C11H25NO/c1-11(8-10-13)7-5-4-6-9-12(2)3/h11,13H,4-10H2,1-3H3. The highest BCUT2D eigenvalue weighted by atomic mass is 16.3. The van der Waals surface area contributed by atoms with Crippen LogP contribution in [0.3, 0.4) is 0 Å². The summed E-state index contributed by atoms with van der Waals surface area (Å²) in [6.45, 7) is 3.77. The van der Waals surface area contributed by atoms with Crippen molar-refractivity contribution in [1.29, 1.82) is 0 Å². The lowest BCUT2D eigenvalue weighted by Crippen LogP contribution is -2.12. The number of aliphatic hydroxyl groups is 1. The predicted octanol–water partition coefficient (Wildman–Crippen LogP) is 2.13. The number of hydrogen-bond acceptors (Lipinski definition) is 2. The molecule has 0 aliphatic rings. The van der Waals surface area contributed by atoms with Gasteiger partial charge in [-0.2, -0.15) is 0 Å². The van der Waals surface area contributed by atoms with Gasteiger partial charge in [-0.3, -0.25) is 0 Å². The molecule has 0 saturated carbocycles. The van der Waals surface area contributed by atoms with Crippen molar-refractivity contribution in [3.05, 3.63) is 0 Å². The molecule has 0 aliphatic carbocycles. The molecule has 1 atom stereocenters. The molecule has 1 unspecified atom stereocenters. The van der Waals surface area contributed by atoms with Crippen molar-refractivity contribution in [3.63, 3.8) is 0 Å². The van der Waals surface area contributed by atoms with Crippen LogP contribution >= 0.6 is 0 Å². The maximum absolute atomic E-state index is 8.71. The number of aliphatic hydroxyl groups excluding tert-OH is 1. The van der Waals surface area contributed by atoms with E-state index in [0.29, 0.717) is 12.5 Å². The van der Waals surface area contributed by atoms with Crippen molar-refractivity contribution >= 4 is 0 Å². The first-order chi connectivity index (χ1) is 6.16. The number of rotatable bonds is 8. The molecule has 0 fully saturated rings. The highest BCUT2D eigenvalue weighted by Crippen LogP contribution is 2.12. The normalized spacial score (nSPS) is 13.6. The number of unbranched alkanes of at least 4 members (excludes halogenated alkanes) is 2. The minimum atomic E-state index is 0.346. The Bertz CT molecular complexity index is 104. The largest absolute Gasteiger partial charge is 0.396 e. The van der Waals surface area contributed by atoms with Crippen molar-refractivity contribution in [3.8, 4) is 0 Å². The van der Waals surface area contributed by atoms with Crippen LogP contribution in [-0.4, -0.2) is 37.3 Å². The molecule has 0 amide bonds. The SMILES string of the molecule is CC(CCO)CCCCCN(C)C. The first-order valence-corrected chi connectivity index (χ1v) is 5.42. The lowest BCUT2D eigenvalue weighted by atomic mass is 10.0. The van der Waals surface area contributed by atoms with Crippen molar-refractivity contribution in [2.45, 2.75) is 39.0 Å². The summed E-state index contributed by atoms with van der Waals surface area (Å²) in [7, 11) is 4.24. The zero-order valence-electron chi connectivity index (χ0n) is 9.42. The van der Waals surface area contributed by atoms with Gasteiger partial charge >= 0.3 is 0 Å². The van der Waals surface area contributed by atoms with Gasteiger partial charge < -0.3 is 10.0 Å². The van der Waals surface area contributed by atoms with E-state index in [9.17, 15) is 0 Å². The van der Waals surface area contributed by atoms with Gasteiger partial charge in [-0.25, -0.2) is 0 Å². The van der Waals surface area contributed by atoms with Crippen LogP contribution in [0.5, 0.6) is 0 Å². The average Bonchev–Trinajstić information content (AvgIpc) is 2.03. The van der Waals surface area contributed by atoms with Gasteiger partial charge in [0, 0.05) is 6.61 Å². The van der Waals surface area contributed by atoms with Gasteiger partial charge in [0.05, 0.1) is 0 Å². The molecule has 13 heavy (non-hydrogen) atoms. The smallest absolute Gasteiger partial charge is 0.0433 e. The van der Waals surface area contributed by atoms with E-state index in [0.717, 1.165) is 6.42 Å². The van der Waals surface area contributed by atoms with Crippen molar-refractivity contribution in [1.82, 2.24) is 4.90 Å². The quantitative estimate of drug-likeness (QED) is 0.588. The third-order valence-electron chi connectivity index (χ3n) is 2.42. The van der Waals surface area contributed by atoms with E-state index in [1.807, 2.05) is 0 Å². The lowest BCUT2D eigenvalue weighted by molar-refractivity contribution is 0.256. The van der Waals surface area contributed by atoms with E-state index < -0.39 is 0 Å². The second-order valence-corrected chi connectivity index (χ2v) is 4.27. The molecule has 0 saturated heterocycles. The van der Waals surface area contributed by atoms with Gasteiger partial charge in [0.15, 0.2) is 0 Å². The Labute approximate surface area is 82.9 Å². The molecule has 0 spiro atoms. The zero-order valence-corrected chi connectivity index (χ0v) is 9.42. The van der Waals surface area contributed by atoms with Crippen LogP contribution in [0.4, 0.5) is 0 Å². The molecule has 0 heterocycles. The summed E-state index contributed by atoms with van der Waals surface area (Å²) in [5.74, 6) is 0.698. The van der Waals surface area contributed by atoms with Crippen LogP contribution in [0, 0.1) is 5.92 Å². The molecule has 0 aliphatic heterocycles. The highest BCUT2D eigenvalue weighted by molar-refractivity contribution is 4.53. The maximum Gasteiger partial charge on any atom is 0.0433 e. The summed E-state index contributed by atoms with van der Waals surface area (Å²) in [4.78, 5) is 2.23. The molecule has 0 bridgehead atoms. The second-order valence-electron chi connectivity index (χ2n) is 4.27. The van der Waals surface area contributed by atoms with Gasteiger partial charge in [0.1, 0.15) is 0 Å². The lowest BCUT2D eigenvalue weighted by Gasteiger charge is -2.11. The second kappa shape index (κ2) is 8.52. The predicted molar refractivity (Wildman–Crippen MR) is 57.9 cm³/mol. The van der Waals surface area contributed by atoms with Gasteiger partial charge in [-0.1, -0.05) is 26.2 Å². The Morgan fingerprint density at radius 3 is 2.31 bits per heavy atom. The molecule has 2 heteroatoms. The Balaban J connectivity index is 3.06. The van der Waals surface area contributed by atoms with Crippen molar-refractivity contribution in [2.24, 2.45) is 5.92 Å². The van der Waals surface area contributed by atoms with Crippen LogP contribution in [0.15, 0.2) is 0 Å². The molecule has 1 N–H and O–H groups in total. The summed E-state index contributed by atoms with van der Waals surface area (Å²) in [5, 5.41) is 8.71. The molecule has 0 aromatic rings. The molecule has 2 nitrogen and oxygen atoms in total. The Hall–Kier alpha value is -0.0800. The van der Waals surface area contributed by atoms with E-state index in [4.69, 9.17) is 5.11 Å². The van der Waals surface area contributed by atoms with Crippen molar-refractivity contribution in [2.75, 3.05) is 27.2 Å². The highest BCUT2D eigenvalue weighted by Gasteiger charge is 2.00. The van der Waals surface area contributed by atoms with Crippen LogP contribution in [-0.2, 0) is 0 Å². The minimum absolute atomic E-state index is 0.346. The summed E-state index contributed by atoms with van der Waals surface area (Å²) in [6, 6.07) is 0. The summed E-state index contributed by atoms with van der Waals surface area (Å²) >= 11 is 0. The van der Waals surface area contributed by atoms with Crippen LogP contribution in [0.25, 0.3) is 0 Å². The maximum atomic E-state index is 8.71. The summed E-state index contributed by atoms with van der Waals surface area (Å²) < 4.78 is 0. The first kappa shape index (κ1) is 12.9. The van der Waals surface area contributed by atoms with E-state index in [1.54, 1.807) is 0 Å². The Morgan fingerprint density at radius 2 is 1.77 bits per heavy atom. The fraction of sp³-hybridized carbons (Fsp3) is 1.00. The van der Waals surface area contributed by atoms with Crippen LogP contribution in [0.2, 0.25) is 0 Å². The number of hydrogen-bond donors (Lipinski definition) is 1. The third kappa shape index (κ3) is 9.84. The molecule has 0 aromatic carbocycles. The van der Waals surface area contributed by atoms with E-state index >= 15 is 0 Å². The first-order valence-electron chi connectivity index (χ1n) is 5.42. The van der Waals surface area contributed by atoms with E-state index in [2.05, 4.69) is 25.9 Å². The fourth-order valence-corrected chi connectivity index (χ4v) is 1.46. The molecular formula is C11H25NO. The van der Waals surface area contributed by atoms with E-state index in [-0.39, 0.29) is 0 Å². The molecular weight excluding hydrogens is 162 g/mol. The monoisotopic (exact) mass is 187 g/mol. The number of nitrogens with zero attached hydrogens (tertiary/aromatic N) is 1.